The van der Waals surface area contributed by atoms with Crippen LogP contribution in [0.2, 0.25) is 0 Å². The molecule has 1 N–H and O–H groups in total. The Morgan fingerprint density at radius 3 is 2.65 bits per heavy atom. The third-order valence-corrected chi connectivity index (χ3v) is 3.76. The van der Waals surface area contributed by atoms with E-state index in [1.165, 1.54) is 0 Å². The highest BCUT2D eigenvalue weighted by atomic mass is 16.2. The third-order valence-electron chi connectivity index (χ3n) is 3.76. The molecule has 0 radical (unpaired) electrons. The second-order valence-corrected chi connectivity index (χ2v) is 5.71. The van der Waals surface area contributed by atoms with Gasteiger partial charge in [-0.05, 0) is 24.8 Å². The minimum absolute atomic E-state index is 0.0102. The lowest BCUT2D eigenvalue weighted by atomic mass is 9.98. The Morgan fingerprint density at radius 2 is 2.10 bits per heavy atom. The second-order valence-electron chi connectivity index (χ2n) is 5.71. The minimum Gasteiger partial charge on any atom is -0.342 e. The van der Waals surface area contributed by atoms with Crippen molar-refractivity contribution in [2.24, 2.45) is 13.0 Å². The van der Waals surface area contributed by atoms with Gasteiger partial charge in [0.2, 0.25) is 11.8 Å². The predicted molar refractivity (Wildman–Crippen MR) is 74.9 cm³/mol. The summed E-state index contributed by atoms with van der Waals surface area (Å²) in [6.45, 7) is 6.20. The number of nitrogens with one attached hydrogen (secondary N) is 1. The maximum absolute atomic E-state index is 12.4. The fourth-order valence-corrected chi connectivity index (χ4v) is 2.45. The van der Waals surface area contributed by atoms with Crippen molar-refractivity contribution in [2.45, 2.75) is 39.3 Å². The number of carbonyl (C=O) groups excluding carboxylic acids is 2. The van der Waals surface area contributed by atoms with E-state index in [4.69, 9.17) is 0 Å². The van der Waals surface area contributed by atoms with Crippen molar-refractivity contribution in [1.29, 1.82) is 0 Å². The summed E-state index contributed by atoms with van der Waals surface area (Å²) >= 11 is 0. The molecule has 1 aromatic rings. The Morgan fingerprint density at radius 1 is 1.40 bits per heavy atom. The van der Waals surface area contributed by atoms with E-state index < -0.39 is 12.1 Å². The van der Waals surface area contributed by atoms with Crippen molar-refractivity contribution in [2.75, 3.05) is 6.54 Å². The lowest BCUT2D eigenvalue weighted by molar-refractivity contribution is -0.149. The average Bonchev–Trinajstić information content (AvgIpc) is 2.79. The van der Waals surface area contributed by atoms with Crippen LogP contribution in [0.25, 0.3) is 0 Å². The topological polar surface area (TPSA) is 67.2 Å². The van der Waals surface area contributed by atoms with Crippen molar-refractivity contribution in [1.82, 2.24) is 20.0 Å². The van der Waals surface area contributed by atoms with Crippen LogP contribution in [-0.2, 0) is 23.1 Å². The van der Waals surface area contributed by atoms with Gasteiger partial charge in [0.15, 0.2) is 0 Å². The number of aromatic nitrogens is 2. The Balaban J connectivity index is 2.07. The first kappa shape index (κ1) is 14.6. The first-order valence-corrected chi connectivity index (χ1v) is 6.98. The molecule has 20 heavy (non-hydrogen) atoms. The standard InChI is InChI=1S/C14H22N4O2/c1-9(2)12-14(20)18(10(3)13(19)16-12)6-5-11-7-15-17(4)8-11/h7-10,12H,5-6H2,1-4H3,(H,16,19). The molecular formula is C14H22N4O2. The normalized spacial score (nSPS) is 23.4. The zero-order valence-corrected chi connectivity index (χ0v) is 12.5. The van der Waals surface area contributed by atoms with E-state index in [1.807, 2.05) is 27.1 Å². The number of hydrogen-bond donors (Lipinski definition) is 1. The van der Waals surface area contributed by atoms with Crippen molar-refractivity contribution >= 4 is 11.8 Å². The summed E-state index contributed by atoms with van der Waals surface area (Å²) in [5.41, 5.74) is 1.07. The first-order valence-electron chi connectivity index (χ1n) is 6.98. The van der Waals surface area contributed by atoms with E-state index in [0.717, 1.165) is 5.56 Å². The Hall–Kier alpha value is -1.85. The van der Waals surface area contributed by atoms with E-state index in [9.17, 15) is 9.59 Å². The molecule has 0 aromatic carbocycles. The molecule has 2 atom stereocenters. The number of hydrogen-bond acceptors (Lipinski definition) is 3. The Labute approximate surface area is 119 Å². The number of nitrogens with zero attached hydrogens (tertiary/aromatic N) is 3. The lowest BCUT2D eigenvalue weighted by Gasteiger charge is -2.38. The lowest BCUT2D eigenvalue weighted by Crippen LogP contribution is -2.64. The van der Waals surface area contributed by atoms with Gasteiger partial charge in [-0.1, -0.05) is 13.8 Å². The molecule has 2 heterocycles. The van der Waals surface area contributed by atoms with E-state index in [0.29, 0.717) is 13.0 Å². The van der Waals surface area contributed by atoms with Gasteiger partial charge >= 0.3 is 0 Å². The summed E-state index contributed by atoms with van der Waals surface area (Å²) in [6, 6.07) is -0.818. The third kappa shape index (κ3) is 2.84. The molecule has 1 aromatic heterocycles. The van der Waals surface area contributed by atoms with Crippen molar-refractivity contribution in [3.8, 4) is 0 Å². The average molecular weight is 278 g/mol. The van der Waals surface area contributed by atoms with Crippen LogP contribution >= 0.6 is 0 Å². The van der Waals surface area contributed by atoms with Gasteiger partial charge in [-0.15, -0.1) is 0 Å². The molecule has 0 saturated carbocycles. The zero-order chi connectivity index (χ0) is 14.9. The highest BCUT2D eigenvalue weighted by Gasteiger charge is 2.38. The zero-order valence-electron chi connectivity index (χ0n) is 12.5. The summed E-state index contributed by atoms with van der Waals surface area (Å²) in [4.78, 5) is 26.1. The largest absolute Gasteiger partial charge is 0.342 e. The minimum atomic E-state index is -0.410. The van der Waals surface area contributed by atoms with Gasteiger partial charge in [0, 0.05) is 19.8 Å². The van der Waals surface area contributed by atoms with Crippen LogP contribution in [0.1, 0.15) is 26.3 Å². The van der Waals surface area contributed by atoms with Crippen LogP contribution in [0.15, 0.2) is 12.4 Å². The van der Waals surface area contributed by atoms with Crippen LogP contribution in [0.3, 0.4) is 0 Å². The van der Waals surface area contributed by atoms with Crippen LogP contribution in [0.5, 0.6) is 0 Å². The van der Waals surface area contributed by atoms with Gasteiger partial charge in [0.1, 0.15) is 12.1 Å². The van der Waals surface area contributed by atoms with Crippen LogP contribution in [-0.4, -0.2) is 45.1 Å². The molecule has 6 nitrogen and oxygen atoms in total. The highest BCUT2D eigenvalue weighted by Crippen LogP contribution is 2.16. The highest BCUT2D eigenvalue weighted by molar-refractivity contribution is 5.96. The van der Waals surface area contributed by atoms with Crippen LogP contribution < -0.4 is 5.32 Å². The van der Waals surface area contributed by atoms with Crippen LogP contribution in [0, 0.1) is 5.92 Å². The summed E-state index contributed by atoms with van der Waals surface area (Å²) in [6.07, 6.45) is 4.43. The van der Waals surface area contributed by atoms with Gasteiger partial charge in [0.05, 0.1) is 6.20 Å². The number of piperazine rings is 1. The van der Waals surface area contributed by atoms with Crippen molar-refractivity contribution in [3.63, 3.8) is 0 Å². The number of aryl methyl sites for hydroxylation is 1. The van der Waals surface area contributed by atoms with Gasteiger partial charge in [-0.25, -0.2) is 0 Å². The molecule has 1 saturated heterocycles. The Kier molecular flexibility index (Phi) is 4.11. The van der Waals surface area contributed by atoms with E-state index in [1.54, 1.807) is 22.7 Å². The SMILES string of the molecule is CC(C)C1NC(=O)C(C)N(CCc2cnn(C)c2)C1=O. The molecule has 2 unspecified atom stereocenters. The summed E-state index contributed by atoms with van der Waals surface area (Å²) in [5.74, 6) is 0.0327. The molecule has 0 aliphatic carbocycles. The quantitative estimate of drug-likeness (QED) is 0.863. The molecule has 1 fully saturated rings. The number of amides is 2. The summed E-state index contributed by atoms with van der Waals surface area (Å²) in [5, 5.41) is 6.91. The fraction of sp³-hybridized carbons (Fsp3) is 0.643. The smallest absolute Gasteiger partial charge is 0.246 e. The molecule has 2 amide bonds. The van der Waals surface area contributed by atoms with E-state index in [2.05, 4.69) is 10.4 Å². The summed E-state index contributed by atoms with van der Waals surface area (Å²) < 4.78 is 1.74. The molecule has 110 valence electrons. The molecule has 1 aliphatic rings. The van der Waals surface area contributed by atoms with Gasteiger partial charge in [-0.3, -0.25) is 14.3 Å². The maximum Gasteiger partial charge on any atom is 0.246 e. The molecule has 1 aliphatic heterocycles. The summed E-state index contributed by atoms with van der Waals surface area (Å²) in [7, 11) is 1.86. The number of rotatable bonds is 4. The predicted octanol–water partition coefficient (Wildman–Crippen LogP) is 0.334. The first-order chi connectivity index (χ1) is 9.40. The van der Waals surface area contributed by atoms with Crippen LogP contribution in [0.4, 0.5) is 0 Å². The Bertz CT molecular complexity index is 509. The van der Waals surface area contributed by atoms with E-state index >= 15 is 0 Å². The fourth-order valence-electron chi connectivity index (χ4n) is 2.45. The van der Waals surface area contributed by atoms with Gasteiger partial charge in [-0.2, -0.15) is 5.10 Å². The maximum atomic E-state index is 12.4. The van der Waals surface area contributed by atoms with Crippen molar-refractivity contribution in [3.05, 3.63) is 18.0 Å². The molecule has 0 spiro atoms. The van der Waals surface area contributed by atoms with Gasteiger partial charge in [0.25, 0.3) is 0 Å². The van der Waals surface area contributed by atoms with E-state index in [-0.39, 0.29) is 17.7 Å². The molecular weight excluding hydrogens is 256 g/mol. The monoisotopic (exact) mass is 278 g/mol. The number of carbonyl (C=O) groups is 2. The second kappa shape index (κ2) is 5.64. The molecule has 0 bridgehead atoms. The molecule has 6 heteroatoms. The molecule has 2 rings (SSSR count). The van der Waals surface area contributed by atoms with Gasteiger partial charge < -0.3 is 10.2 Å². The van der Waals surface area contributed by atoms with Crippen molar-refractivity contribution < 1.29 is 9.59 Å².